The number of anilines is 1. The standard InChI is InChI=1S/C27H34N3O/c1-27(2,3)20-12-10-19(11-13-20)26(31)29-17-23-22(24(23)18-29)16-21-8-5-7-15-30(21)25-9-4-6-14-28-25/h4,9-14,21-24H,5,7-8,15-18H2,1-3H3. The molecule has 1 amide bonds. The largest absolute Gasteiger partial charge is 0.354 e. The predicted octanol–water partition coefficient (Wildman–Crippen LogP) is 4.95. The lowest BCUT2D eigenvalue weighted by atomic mass is 9.86. The SMILES string of the molecule is CC(C)(C)c1ccc(C(=O)N2CC3C(CC4CCCCN4c4cc[c]cn4)C3C2)cc1. The van der Waals surface area contributed by atoms with E-state index in [1.807, 2.05) is 18.2 Å². The fraction of sp³-hybridized carbons (Fsp3) is 0.556. The van der Waals surface area contributed by atoms with E-state index in [0.29, 0.717) is 17.9 Å². The van der Waals surface area contributed by atoms with Gasteiger partial charge < -0.3 is 9.80 Å². The number of carbonyl (C=O) groups excluding carboxylic acids is 1. The molecule has 2 aliphatic heterocycles. The van der Waals surface area contributed by atoms with Crippen LogP contribution in [0.25, 0.3) is 0 Å². The van der Waals surface area contributed by atoms with Crippen LogP contribution in [0.2, 0.25) is 0 Å². The molecule has 0 spiro atoms. The number of pyridine rings is 1. The molecule has 3 heterocycles. The van der Waals surface area contributed by atoms with Gasteiger partial charge in [-0.3, -0.25) is 4.79 Å². The third-order valence-corrected chi connectivity index (χ3v) is 7.72. The molecule has 2 saturated heterocycles. The number of rotatable bonds is 4. The molecule has 3 unspecified atom stereocenters. The Bertz CT molecular complexity index is 906. The van der Waals surface area contributed by atoms with Crippen LogP contribution in [0, 0.1) is 23.8 Å². The third-order valence-electron chi connectivity index (χ3n) is 7.72. The molecule has 0 N–H and O–H groups in total. The van der Waals surface area contributed by atoms with Crippen LogP contribution in [0.5, 0.6) is 0 Å². The average Bonchev–Trinajstić information content (AvgIpc) is 3.21. The van der Waals surface area contributed by atoms with Gasteiger partial charge in [0.2, 0.25) is 0 Å². The lowest BCUT2D eigenvalue weighted by Crippen LogP contribution is -2.41. The second-order valence-corrected chi connectivity index (χ2v) is 10.7. The molecule has 2 aromatic rings. The first-order chi connectivity index (χ1) is 14.9. The van der Waals surface area contributed by atoms with Crippen LogP contribution < -0.4 is 4.90 Å². The Hall–Kier alpha value is -2.36. The summed E-state index contributed by atoms with van der Waals surface area (Å²) in [6.07, 6.45) is 6.86. The van der Waals surface area contributed by atoms with Crippen LogP contribution in [-0.2, 0) is 5.41 Å². The zero-order valence-corrected chi connectivity index (χ0v) is 19.1. The molecule has 4 heteroatoms. The second-order valence-electron chi connectivity index (χ2n) is 10.7. The van der Waals surface area contributed by atoms with Crippen molar-refractivity contribution >= 4 is 11.7 Å². The third kappa shape index (κ3) is 4.09. The summed E-state index contributed by atoms with van der Waals surface area (Å²) in [5.41, 5.74) is 2.22. The van der Waals surface area contributed by atoms with Crippen molar-refractivity contribution in [2.24, 2.45) is 17.8 Å². The van der Waals surface area contributed by atoms with Gasteiger partial charge in [-0.05, 0) is 78.7 Å². The van der Waals surface area contributed by atoms with Crippen molar-refractivity contribution in [2.45, 2.75) is 57.9 Å². The highest BCUT2D eigenvalue weighted by atomic mass is 16.2. The fourth-order valence-electron chi connectivity index (χ4n) is 5.80. The van der Waals surface area contributed by atoms with Gasteiger partial charge >= 0.3 is 0 Å². The highest BCUT2D eigenvalue weighted by Crippen LogP contribution is 2.55. The van der Waals surface area contributed by atoms with Gasteiger partial charge in [-0.25, -0.2) is 4.98 Å². The molecular formula is C27H34N3O. The molecule has 1 aliphatic carbocycles. The van der Waals surface area contributed by atoms with Crippen molar-refractivity contribution in [3.8, 4) is 0 Å². The van der Waals surface area contributed by atoms with E-state index in [-0.39, 0.29) is 11.3 Å². The topological polar surface area (TPSA) is 36.4 Å². The molecule has 0 bridgehead atoms. The van der Waals surface area contributed by atoms with Crippen LogP contribution in [0.1, 0.15) is 62.4 Å². The summed E-state index contributed by atoms with van der Waals surface area (Å²) in [4.78, 5) is 22.2. The van der Waals surface area contributed by atoms with E-state index in [1.54, 1.807) is 6.20 Å². The molecule has 1 aromatic heterocycles. The van der Waals surface area contributed by atoms with E-state index < -0.39 is 0 Å². The van der Waals surface area contributed by atoms with Gasteiger partial charge in [0.15, 0.2) is 0 Å². The van der Waals surface area contributed by atoms with Gasteiger partial charge in [0.25, 0.3) is 5.91 Å². The van der Waals surface area contributed by atoms with E-state index in [1.165, 1.54) is 31.2 Å². The normalized spacial score (nSPS) is 27.8. The van der Waals surface area contributed by atoms with Crippen LogP contribution in [0.15, 0.2) is 42.6 Å². The Kier molecular flexibility index (Phi) is 5.27. The van der Waals surface area contributed by atoms with Crippen molar-refractivity contribution < 1.29 is 4.79 Å². The molecule has 1 radical (unpaired) electrons. The summed E-state index contributed by atoms with van der Waals surface area (Å²) >= 11 is 0. The molecule has 163 valence electrons. The maximum atomic E-state index is 13.0. The smallest absolute Gasteiger partial charge is 0.253 e. The first-order valence-electron chi connectivity index (χ1n) is 11.9. The maximum absolute atomic E-state index is 13.0. The monoisotopic (exact) mass is 416 g/mol. The van der Waals surface area contributed by atoms with E-state index in [4.69, 9.17) is 0 Å². The van der Waals surface area contributed by atoms with Crippen LogP contribution >= 0.6 is 0 Å². The van der Waals surface area contributed by atoms with Crippen molar-refractivity contribution in [1.82, 2.24) is 9.88 Å². The highest BCUT2D eigenvalue weighted by Gasteiger charge is 2.57. The van der Waals surface area contributed by atoms with Crippen molar-refractivity contribution in [3.63, 3.8) is 0 Å². The zero-order chi connectivity index (χ0) is 21.6. The molecular weight excluding hydrogens is 382 g/mol. The zero-order valence-electron chi connectivity index (χ0n) is 19.1. The van der Waals surface area contributed by atoms with Crippen molar-refractivity contribution in [3.05, 3.63) is 59.8 Å². The lowest BCUT2D eigenvalue weighted by Gasteiger charge is -2.37. The molecule has 3 fully saturated rings. The Morgan fingerprint density at radius 1 is 1.10 bits per heavy atom. The fourth-order valence-corrected chi connectivity index (χ4v) is 5.80. The molecule has 1 saturated carbocycles. The summed E-state index contributed by atoms with van der Waals surface area (Å²) in [6, 6.07) is 15.9. The number of hydrogen-bond donors (Lipinski definition) is 0. The molecule has 4 nitrogen and oxygen atoms in total. The molecule has 1 aromatic carbocycles. The number of nitrogens with zero attached hydrogens (tertiary/aromatic N) is 3. The van der Waals surface area contributed by atoms with Gasteiger partial charge in [0.05, 0.1) is 0 Å². The maximum Gasteiger partial charge on any atom is 0.253 e. The Balaban J connectivity index is 1.18. The number of aromatic nitrogens is 1. The van der Waals surface area contributed by atoms with Gasteiger partial charge in [0, 0.05) is 43.5 Å². The van der Waals surface area contributed by atoms with Crippen LogP contribution in [0.4, 0.5) is 5.82 Å². The van der Waals surface area contributed by atoms with Crippen LogP contribution in [0.3, 0.4) is 0 Å². The summed E-state index contributed by atoms with van der Waals surface area (Å²) in [7, 11) is 0. The lowest BCUT2D eigenvalue weighted by molar-refractivity contribution is 0.0766. The average molecular weight is 417 g/mol. The molecule has 5 rings (SSSR count). The molecule has 3 aliphatic rings. The number of piperidine rings is 2. The number of benzene rings is 1. The summed E-state index contributed by atoms with van der Waals surface area (Å²) < 4.78 is 0. The quantitative estimate of drug-likeness (QED) is 0.708. The predicted molar refractivity (Wildman–Crippen MR) is 124 cm³/mol. The number of likely N-dealkylation sites (tertiary alicyclic amines) is 1. The van der Waals surface area contributed by atoms with E-state index in [2.05, 4.69) is 59.8 Å². The number of fused-ring (bicyclic) bond motifs is 1. The minimum absolute atomic E-state index is 0.116. The van der Waals surface area contributed by atoms with Crippen LogP contribution in [-0.4, -0.2) is 41.5 Å². The Labute approximate surface area is 186 Å². The minimum Gasteiger partial charge on any atom is -0.354 e. The number of carbonyl (C=O) groups is 1. The highest BCUT2D eigenvalue weighted by molar-refractivity contribution is 5.94. The van der Waals surface area contributed by atoms with Gasteiger partial charge in [0.1, 0.15) is 5.82 Å². The van der Waals surface area contributed by atoms with E-state index in [0.717, 1.165) is 36.9 Å². The number of hydrogen-bond acceptors (Lipinski definition) is 3. The number of amides is 1. The first kappa shape index (κ1) is 20.5. The van der Waals surface area contributed by atoms with Gasteiger partial charge in [-0.1, -0.05) is 32.9 Å². The first-order valence-corrected chi connectivity index (χ1v) is 11.9. The second kappa shape index (κ2) is 7.96. The summed E-state index contributed by atoms with van der Waals surface area (Å²) in [6.45, 7) is 9.59. The Morgan fingerprint density at radius 3 is 2.48 bits per heavy atom. The molecule has 3 atom stereocenters. The van der Waals surface area contributed by atoms with E-state index in [9.17, 15) is 4.79 Å². The minimum atomic E-state index is 0.116. The van der Waals surface area contributed by atoms with Gasteiger partial charge in [-0.15, -0.1) is 0 Å². The van der Waals surface area contributed by atoms with Crippen molar-refractivity contribution in [1.29, 1.82) is 0 Å². The summed E-state index contributed by atoms with van der Waals surface area (Å²) in [5.74, 6) is 3.46. The summed E-state index contributed by atoms with van der Waals surface area (Å²) in [5, 5.41) is 0. The Morgan fingerprint density at radius 2 is 1.84 bits per heavy atom. The van der Waals surface area contributed by atoms with E-state index >= 15 is 0 Å². The van der Waals surface area contributed by atoms with Gasteiger partial charge in [-0.2, -0.15) is 0 Å². The molecule has 31 heavy (non-hydrogen) atoms. The van der Waals surface area contributed by atoms with Crippen molar-refractivity contribution in [2.75, 3.05) is 24.5 Å².